The summed E-state index contributed by atoms with van der Waals surface area (Å²) in [6.45, 7) is 17.4. The number of pyridine rings is 2. The zero-order valence-electron chi connectivity index (χ0n) is 22.8. The lowest BCUT2D eigenvalue weighted by molar-refractivity contribution is 0.858. The van der Waals surface area contributed by atoms with Gasteiger partial charge in [0.1, 0.15) is 0 Å². The fraction of sp³-hybridized carbons (Fsp3) is 0.387. The number of nitrogens with one attached hydrogen (secondary N) is 1. The third kappa shape index (κ3) is 13.3. The predicted molar refractivity (Wildman–Crippen MR) is 150 cm³/mol. The first-order chi connectivity index (χ1) is 16.7. The zero-order valence-corrected chi connectivity index (χ0v) is 22.8. The van der Waals surface area contributed by atoms with E-state index in [2.05, 4.69) is 106 Å². The summed E-state index contributed by atoms with van der Waals surface area (Å²) in [6, 6.07) is 18.7. The Labute approximate surface area is 213 Å². The van der Waals surface area contributed by atoms with Crippen molar-refractivity contribution in [2.24, 2.45) is 0 Å². The topological polar surface area (TPSA) is 54.5 Å². The first kappa shape index (κ1) is 29.8. The monoisotopic (exact) mass is 472 g/mol. The van der Waals surface area contributed by atoms with Crippen molar-refractivity contribution in [3.63, 3.8) is 0 Å². The molecule has 0 atom stereocenters. The summed E-state index contributed by atoms with van der Waals surface area (Å²) in [5.41, 5.74) is 5.34. The quantitative estimate of drug-likeness (QED) is 0.323. The predicted octanol–water partition coefficient (Wildman–Crippen LogP) is 8.75. The average molecular weight is 473 g/mol. The Bertz CT molecular complexity index is 875. The third-order valence-electron chi connectivity index (χ3n) is 5.38. The zero-order chi connectivity index (χ0) is 26.1. The Morgan fingerprint density at radius 2 is 1.00 bits per heavy atom. The van der Waals surface area contributed by atoms with Gasteiger partial charge in [-0.15, -0.1) is 0 Å². The number of aromatic nitrogens is 4. The standard InChI is InChI=1S/C9H12.2C8H11N.C6H10N2/c1-8(2)9-6-4-3-5-7-9;1-7(2)8-3-5-9-6-4-8;1-7(2)8-4-3-5-9-6-8;1-5(2)6-3-7-8-4-6/h3-8H,1-2H3;2*3-7H,1-2H3;3-5H,1-2H3,(H,7,8). The van der Waals surface area contributed by atoms with E-state index in [1.807, 2.05) is 55.2 Å². The van der Waals surface area contributed by atoms with Gasteiger partial charge in [-0.2, -0.15) is 5.10 Å². The summed E-state index contributed by atoms with van der Waals surface area (Å²) in [4.78, 5) is 7.93. The van der Waals surface area contributed by atoms with E-state index < -0.39 is 0 Å². The minimum Gasteiger partial charge on any atom is -0.285 e. The highest BCUT2D eigenvalue weighted by Gasteiger charge is 1.97. The van der Waals surface area contributed by atoms with E-state index >= 15 is 0 Å². The van der Waals surface area contributed by atoms with Gasteiger partial charge in [0.15, 0.2) is 0 Å². The molecule has 0 aliphatic carbocycles. The second kappa shape index (κ2) is 17.2. The van der Waals surface area contributed by atoms with E-state index in [0.717, 1.165) is 0 Å². The maximum atomic E-state index is 4.01. The molecule has 3 aromatic heterocycles. The number of nitrogens with zero attached hydrogens (tertiary/aromatic N) is 3. The van der Waals surface area contributed by atoms with Gasteiger partial charge >= 0.3 is 0 Å². The van der Waals surface area contributed by atoms with E-state index in [-0.39, 0.29) is 0 Å². The van der Waals surface area contributed by atoms with Gasteiger partial charge in [-0.05, 0) is 64.1 Å². The highest BCUT2D eigenvalue weighted by atomic mass is 15.1. The van der Waals surface area contributed by atoms with Gasteiger partial charge in [-0.3, -0.25) is 15.1 Å². The van der Waals surface area contributed by atoms with Crippen molar-refractivity contribution in [2.45, 2.75) is 79.1 Å². The SMILES string of the molecule is CC(C)c1ccccc1.CC(C)c1cccnc1.CC(C)c1ccncc1.CC(C)c1cn[nH]c1. The van der Waals surface area contributed by atoms with Gasteiger partial charge in [0.2, 0.25) is 0 Å². The lowest BCUT2D eigenvalue weighted by atomic mass is 10.0. The molecule has 0 fully saturated rings. The van der Waals surface area contributed by atoms with E-state index in [9.17, 15) is 0 Å². The summed E-state index contributed by atoms with van der Waals surface area (Å²) in [7, 11) is 0. The summed E-state index contributed by atoms with van der Waals surface area (Å²) < 4.78 is 0. The second-order valence-electron chi connectivity index (χ2n) is 9.63. The smallest absolute Gasteiger partial charge is 0.0521 e. The van der Waals surface area contributed by atoms with Crippen molar-refractivity contribution in [1.29, 1.82) is 0 Å². The van der Waals surface area contributed by atoms with Crippen molar-refractivity contribution in [3.05, 3.63) is 114 Å². The lowest BCUT2D eigenvalue weighted by Crippen LogP contribution is -1.85. The van der Waals surface area contributed by atoms with E-state index in [1.54, 1.807) is 6.20 Å². The molecule has 0 radical (unpaired) electrons. The van der Waals surface area contributed by atoms with Crippen LogP contribution in [0.1, 0.15) is 101 Å². The largest absolute Gasteiger partial charge is 0.285 e. The number of H-pyrrole nitrogens is 1. The van der Waals surface area contributed by atoms with Crippen LogP contribution in [0.4, 0.5) is 0 Å². The lowest BCUT2D eigenvalue weighted by Gasteiger charge is -2.01. The van der Waals surface area contributed by atoms with Crippen LogP contribution in [0.25, 0.3) is 0 Å². The van der Waals surface area contributed by atoms with Crippen LogP contribution in [0.2, 0.25) is 0 Å². The second-order valence-corrected chi connectivity index (χ2v) is 9.63. The van der Waals surface area contributed by atoms with Crippen molar-refractivity contribution in [2.75, 3.05) is 0 Å². The molecule has 4 aromatic rings. The first-order valence-corrected chi connectivity index (χ1v) is 12.6. The van der Waals surface area contributed by atoms with E-state index in [0.29, 0.717) is 23.7 Å². The van der Waals surface area contributed by atoms with Gasteiger partial charge in [-0.1, -0.05) is 91.8 Å². The molecule has 1 aromatic carbocycles. The average Bonchev–Trinajstić information content (AvgIpc) is 3.43. The van der Waals surface area contributed by atoms with Crippen LogP contribution in [0.5, 0.6) is 0 Å². The van der Waals surface area contributed by atoms with Crippen LogP contribution in [-0.2, 0) is 0 Å². The minimum atomic E-state index is 0.591. The molecule has 4 nitrogen and oxygen atoms in total. The molecule has 35 heavy (non-hydrogen) atoms. The maximum Gasteiger partial charge on any atom is 0.0521 e. The molecule has 1 N–H and O–H groups in total. The molecule has 0 unspecified atom stereocenters. The van der Waals surface area contributed by atoms with Gasteiger partial charge in [0.05, 0.1) is 6.20 Å². The van der Waals surface area contributed by atoms with Crippen LogP contribution < -0.4 is 0 Å². The Kier molecular flexibility index (Phi) is 14.6. The third-order valence-corrected chi connectivity index (χ3v) is 5.38. The van der Waals surface area contributed by atoms with Gasteiger partial charge in [-0.25, -0.2) is 0 Å². The molecule has 4 rings (SSSR count). The minimum absolute atomic E-state index is 0.591. The fourth-order valence-electron chi connectivity index (χ4n) is 2.88. The highest BCUT2D eigenvalue weighted by Crippen LogP contribution is 2.12. The van der Waals surface area contributed by atoms with Crippen LogP contribution in [0.15, 0.2) is 91.8 Å². The van der Waals surface area contributed by atoms with Crippen molar-refractivity contribution in [3.8, 4) is 0 Å². The van der Waals surface area contributed by atoms with Crippen molar-refractivity contribution >= 4 is 0 Å². The Morgan fingerprint density at radius 1 is 0.486 bits per heavy atom. The number of benzene rings is 1. The number of hydrogen-bond acceptors (Lipinski definition) is 3. The van der Waals surface area contributed by atoms with Crippen LogP contribution in [0.3, 0.4) is 0 Å². The Hall–Kier alpha value is -3.27. The number of rotatable bonds is 4. The van der Waals surface area contributed by atoms with E-state index in [1.165, 1.54) is 22.3 Å². The van der Waals surface area contributed by atoms with Crippen LogP contribution >= 0.6 is 0 Å². The maximum absolute atomic E-state index is 4.01. The molecule has 0 bridgehead atoms. The molecule has 0 spiro atoms. The number of aromatic amines is 1. The molecule has 0 amide bonds. The van der Waals surface area contributed by atoms with Crippen LogP contribution in [0, 0.1) is 0 Å². The van der Waals surface area contributed by atoms with Gasteiger partial charge < -0.3 is 0 Å². The molecule has 0 saturated carbocycles. The summed E-state index contributed by atoms with van der Waals surface area (Å²) in [5.74, 6) is 2.46. The normalized spacial score (nSPS) is 10.2. The fourth-order valence-corrected chi connectivity index (χ4v) is 2.88. The van der Waals surface area contributed by atoms with E-state index in [4.69, 9.17) is 0 Å². The highest BCUT2D eigenvalue weighted by molar-refractivity contribution is 5.17. The molecular weight excluding hydrogens is 428 g/mol. The Morgan fingerprint density at radius 3 is 1.31 bits per heavy atom. The summed E-state index contributed by atoms with van der Waals surface area (Å²) in [6.07, 6.45) is 11.1. The summed E-state index contributed by atoms with van der Waals surface area (Å²) >= 11 is 0. The first-order valence-electron chi connectivity index (χ1n) is 12.6. The van der Waals surface area contributed by atoms with Crippen molar-refractivity contribution < 1.29 is 0 Å². The number of hydrogen-bond donors (Lipinski definition) is 1. The molecular formula is C31H44N4. The molecule has 188 valence electrons. The molecule has 0 saturated heterocycles. The van der Waals surface area contributed by atoms with Gasteiger partial charge in [0, 0.05) is 31.0 Å². The molecule has 0 aliphatic rings. The molecule has 4 heteroatoms. The Balaban J connectivity index is 0.000000234. The molecule has 0 aliphatic heterocycles. The summed E-state index contributed by atoms with van der Waals surface area (Å²) in [5, 5.41) is 6.58. The molecule has 3 heterocycles. The van der Waals surface area contributed by atoms with Gasteiger partial charge in [0.25, 0.3) is 0 Å². The van der Waals surface area contributed by atoms with Crippen molar-refractivity contribution in [1.82, 2.24) is 20.2 Å². The van der Waals surface area contributed by atoms with Crippen LogP contribution in [-0.4, -0.2) is 20.2 Å².